The van der Waals surface area contributed by atoms with E-state index in [0.717, 1.165) is 5.56 Å². The average molecular weight is 454 g/mol. The van der Waals surface area contributed by atoms with E-state index in [1.807, 2.05) is 18.2 Å². The molecule has 0 spiro atoms. The molecular formula is C21H25F2N3O4S. The lowest BCUT2D eigenvalue weighted by Gasteiger charge is -2.35. The molecule has 1 atom stereocenters. The number of carbonyl (C=O) groups excluding carboxylic acids is 1. The molecular weight excluding hydrogens is 428 g/mol. The summed E-state index contributed by atoms with van der Waals surface area (Å²) in [7, 11) is 3.14. The van der Waals surface area contributed by atoms with Crippen molar-refractivity contribution in [1.82, 2.24) is 15.2 Å². The van der Waals surface area contributed by atoms with Gasteiger partial charge in [-0.3, -0.25) is 9.69 Å². The Hall–Kier alpha value is -2.43. The maximum atomic E-state index is 12.8. The molecule has 31 heavy (non-hydrogen) atoms. The van der Waals surface area contributed by atoms with Gasteiger partial charge in [-0.05, 0) is 41.6 Å². The van der Waals surface area contributed by atoms with Gasteiger partial charge in [0.25, 0.3) is 11.7 Å². The second-order valence-electron chi connectivity index (χ2n) is 6.72. The molecule has 1 aromatic carbocycles. The summed E-state index contributed by atoms with van der Waals surface area (Å²) in [6.45, 7) is 2.87. The van der Waals surface area contributed by atoms with E-state index in [1.54, 1.807) is 20.3 Å². The van der Waals surface area contributed by atoms with Gasteiger partial charge in [-0.1, -0.05) is 6.07 Å². The zero-order valence-electron chi connectivity index (χ0n) is 17.3. The number of carbonyl (C=O) groups is 1. The van der Waals surface area contributed by atoms with Crippen LogP contribution >= 0.6 is 11.8 Å². The van der Waals surface area contributed by atoms with E-state index in [0.29, 0.717) is 37.8 Å². The van der Waals surface area contributed by atoms with Crippen molar-refractivity contribution in [3.63, 3.8) is 0 Å². The second kappa shape index (κ2) is 11.3. The predicted molar refractivity (Wildman–Crippen MR) is 113 cm³/mol. The second-order valence-corrected chi connectivity index (χ2v) is 7.70. The molecule has 1 unspecified atom stereocenters. The van der Waals surface area contributed by atoms with Crippen LogP contribution in [0.5, 0.6) is 11.5 Å². The summed E-state index contributed by atoms with van der Waals surface area (Å²) in [5.74, 6) is -1.91. The fourth-order valence-corrected chi connectivity index (χ4v) is 4.01. The van der Waals surface area contributed by atoms with Gasteiger partial charge in [0.15, 0.2) is 11.5 Å². The number of halogens is 2. The van der Waals surface area contributed by atoms with Crippen molar-refractivity contribution < 1.29 is 27.8 Å². The van der Waals surface area contributed by atoms with Crippen molar-refractivity contribution in [3.8, 4) is 11.5 Å². The molecule has 1 amide bonds. The van der Waals surface area contributed by atoms with Crippen molar-refractivity contribution in [2.45, 2.75) is 16.8 Å². The number of methoxy groups -OCH3 is 2. The van der Waals surface area contributed by atoms with Crippen LogP contribution in [0, 0.1) is 0 Å². The first-order valence-electron chi connectivity index (χ1n) is 9.75. The highest BCUT2D eigenvalue weighted by Crippen LogP contribution is 2.32. The lowest BCUT2D eigenvalue weighted by molar-refractivity contribution is 0.0161. The average Bonchev–Trinajstić information content (AvgIpc) is 2.79. The van der Waals surface area contributed by atoms with Crippen LogP contribution in [0.25, 0.3) is 0 Å². The smallest absolute Gasteiger partial charge is 0.290 e. The van der Waals surface area contributed by atoms with Gasteiger partial charge in [0.05, 0.1) is 39.0 Å². The van der Waals surface area contributed by atoms with Crippen molar-refractivity contribution in [1.29, 1.82) is 0 Å². The number of ether oxygens (including phenoxy) is 3. The number of benzene rings is 1. The van der Waals surface area contributed by atoms with Crippen molar-refractivity contribution >= 4 is 17.7 Å². The van der Waals surface area contributed by atoms with Gasteiger partial charge in [0.1, 0.15) is 5.03 Å². The molecule has 1 aliphatic heterocycles. The molecule has 3 rings (SSSR count). The van der Waals surface area contributed by atoms with E-state index < -0.39 is 11.7 Å². The van der Waals surface area contributed by atoms with E-state index in [2.05, 4.69) is 15.2 Å². The summed E-state index contributed by atoms with van der Waals surface area (Å²) < 4.78 is 41.9. The molecule has 0 bridgehead atoms. The van der Waals surface area contributed by atoms with Crippen molar-refractivity contribution in [2.24, 2.45) is 0 Å². The molecule has 0 radical (unpaired) electrons. The lowest BCUT2D eigenvalue weighted by atomic mass is 10.0. The molecule has 1 saturated heterocycles. The lowest BCUT2D eigenvalue weighted by Crippen LogP contribution is -2.43. The zero-order valence-corrected chi connectivity index (χ0v) is 18.2. The van der Waals surface area contributed by atoms with E-state index in [9.17, 15) is 13.6 Å². The van der Waals surface area contributed by atoms with Crippen molar-refractivity contribution in [2.75, 3.05) is 47.1 Å². The van der Waals surface area contributed by atoms with Crippen LogP contribution in [0.15, 0.2) is 41.6 Å². The summed E-state index contributed by atoms with van der Waals surface area (Å²) in [5, 5.41) is 2.89. The van der Waals surface area contributed by atoms with Crippen molar-refractivity contribution in [3.05, 3.63) is 47.7 Å². The third-order valence-corrected chi connectivity index (χ3v) is 5.68. The number of alkyl halides is 2. The van der Waals surface area contributed by atoms with Gasteiger partial charge in [0.2, 0.25) is 0 Å². The Bertz CT molecular complexity index is 881. The van der Waals surface area contributed by atoms with Gasteiger partial charge < -0.3 is 19.5 Å². The summed E-state index contributed by atoms with van der Waals surface area (Å²) in [4.78, 5) is 18.9. The number of aromatic nitrogens is 1. The first-order chi connectivity index (χ1) is 15.0. The number of hydrogen-bond acceptors (Lipinski definition) is 7. The number of morpholine rings is 1. The highest BCUT2D eigenvalue weighted by molar-refractivity contribution is 7.99. The van der Waals surface area contributed by atoms with Crippen LogP contribution < -0.4 is 14.8 Å². The summed E-state index contributed by atoms with van der Waals surface area (Å²) in [5.41, 5.74) is 1.06. The highest BCUT2D eigenvalue weighted by atomic mass is 32.2. The minimum Gasteiger partial charge on any atom is -0.493 e. The molecule has 168 valence electrons. The number of nitrogens with one attached hydrogen (secondary N) is 1. The minimum atomic E-state index is -2.66. The van der Waals surface area contributed by atoms with Crippen LogP contribution in [0.3, 0.4) is 0 Å². The van der Waals surface area contributed by atoms with Crippen LogP contribution in [-0.2, 0) is 4.74 Å². The Morgan fingerprint density at radius 1 is 1.23 bits per heavy atom. The largest absolute Gasteiger partial charge is 0.493 e. The van der Waals surface area contributed by atoms with E-state index >= 15 is 0 Å². The Morgan fingerprint density at radius 3 is 2.65 bits per heavy atom. The van der Waals surface area contributed by atoms with Crippen LogP contribution in [0.2, 0.25) is 0 Å². The fraction of sp³-hybridized carbons (Fsp3) is 0.429. The Labute approximate surface area is 184 Å². The highest BCUT2D eigenvalue weighted by Gasteiger charge is 2.25. The number of nitrogens with zero attached hydrogens (tertiary/aromatic N) is 2. The first-order valence-corrected chi connectivity index (χ1v) is 10.6. The molecule has 1 aliphatic rings. The third kappa shape index (κ3) is 6.05. The standard InChI is InChI=1S/C21H25F2N3O4S/c1-28-17-6-5-14(12-18(17)29-2)16(26-8-10-30-11-9-26)13-25-19(27)15-4-3-7-24-20(15)31-21(22)23/h3-7,12,16,21H,8-11,13H2,1-2H3,(H,25,27). The molecule has 2 heterocycles. The number of rotatable bonds is 9. The minimum absolute atomic E-state index is 0.00374. The summed E-state index contributed by atoms with van der Waals surface area (Å²) in [6, 6.07) is 8.52. The van der Waals surface area contributed by atoms with Gasteiger partial charge >= 0.3 is 0 Å². The van der Waals surface area contributed by atoms with Gasteiger partial charge in [-0.2, -0.15) is 8.78 Å². The fourth-order valence-electron chi connectivity index (χ4n) is 3.43. The normalized spacial score (nSPS) is 15.5. The SMILES string of the molecule is COc1ccc(C(CNC(=O)c2cccnc2SC(F)F)N2CCOCC2)cc1OC. The molecule has 2 aromatic rings. The molecule has 1 aromatic heterocycles. The Morgan fingerprint density at radius 2 is 1.97 bits per heavy atom. The monoisotopic (exact) mass is 453 g/mol. The molecule has 1 fully saturated rings. The molecule has 10 heteroatoms. The first kappa shape index (κ1) is 23.2. The quantitative estimate of drug-likeness (QED) is 0.585. The topological polar surface area (TPSA) is 72.9 Å². The van der Waals surface area contributed by atoms with Gasteiger partial charge in [-0.15, -0.1) is 0 Å². The van der Waals surface area contributed by atoms with Crippen LogP contribution in [-0.4, -0.2) is 68.6 Å². The molecule has 7 nitrogen and oxygen atoms in total. The maximum absolute atomic E-state index is 12.8. The number of hydrogen-bond donors (Lipinski definition) is 1. The number of thioether (sulfide) groups is 1. The van der Waals surface area contributed by atoms with Gasteiger partial charge in [-0.25, -0.2) is 4.98 Å². The summed E-state index contributed by atoms with van der Waals surface area (Å²) in [6.07, 6.45) is 1.39. The maximum Gasteiger partial charge on any atom is 0.290 e. The Kier molecular flexibility index (Phi) is 8.44. The molecule has 1 N–H and O–H groups in total. The zero-order chi connectivity index (χ0) is 22.2. The van der Waals surface area contributed by atoms with E-state index in [-0.39, 0.29) is 34.9 Å². The van der Waals surface area contributed by atoms with E-state index in [4.69, 9.17) is 14.2 Å². The number of pyridine rings is 1. The summed E-state index contributed by atoms with van der Waals surface area (Å²) >= 11 is 0.258. The van der Waals surface area contributed by atoms with Crippen LogP contribution in [0.1, 0.15) is 22.0 Å². The van der Waals surface area contributed by atoms with Gasteiger partial charge in [0, 0.05) is 25.8 Å². The molecule has 0 saturated carbocycles. The van der Waals surface area contributed by atoms with Crippen LogP contribution in [0.4, 0.5) is 8.78 Å². The van der Waals surface area contributed by atoms with E-state index in [1.165, 1.54) is 12.3 Å². The molecule has 0 aliphatic carbocycles. The number of amides is 1. The third-order valence-electron chi connectivity index (χ3n) is 4.95. The predicted octanol–water partition coefficient (Wildman–Crippen LogP) is 3.22. The Balaban J connectivity index is 1.81.